The number of amides is 1. The molecule has 5 rings (SSSR count). The molecule has 3 heterocycles. The Balaban J connectivity index is 1.37. The number of aromatic nitrogens is 1. The molecule has 140 valence electrons. The summed E-state index contributed by atoms with van der Waals surface area (Å²) in [5, 5.41) is 0. The molecular formula is C24H23N3O. The number of carbonyl (C=O) groups is 1. The third kappa shape index (κ3) is 2.85. The molecule has 3 aromatic rings. The largest absolute Gasteiger partial charge is 0.352 e. The molecule has 4 nitrogen and oxygen atoms in total. The number of pyridine rings is 1. The maximum atomic E-state index is 13.1. The van der Waals surface area contributed by atoms with Crippen molar-refractivity contribution in [3.63, 3.8) is 0 Å². The van der Waals surface area contributed by atoms with Crippen molar-refractivity contribution < 1.29 is 4.79 Å². The third-order valence-corrected chi connectivity index (χ3v) is 5.88. The normalized spacial score (nSPS) is 18.0. The molecule has 0 fully saturated rings. The molecule has 1 unspecified atom stereocenters. The number of carbonyl (C=O) groups excluding carboxylic acids is 1. The van der Waals surface area contributed by atoms with E-state index in [0.29, 0.717) is 5.56 Å². The van der Waals surface area contributed by atoms with Crippen LogP contribution in [0.2, 0.25) is 0 Å². The van der Waals surface area contributed by atoms with Crippen LogP contribution in [0.1, 0.15) is 34.0 Å². The smallest absolute Gasteiger partial charge is 0.260 e. The molecule has 1 aromatic heterocycles. The van der Waals surface area contributed by atoms with Gasteiger partial charge in [0.15, 0.2) is 0 Å². The van der Waals surface area contributed by atoms with Crippen LogP contribution in [0.4, 0.5) is 11.5 Å². The van der Waals surface area contributed by atoms with Gasteiger partial charge in [0.1, 0.15) is 5.82 Å². The first-order valence-electron chi connectivity index (χ1n) is 9.90. The zero-order chi connectivity index (χ0) is 19.1. The number of para-hydroxylation sites is 1. The molecule has 2 aromatic carbocycles. The van der Waals surface area contributed by atoms with E-state index < -0.39 is 0 Å². The van der Waals surface area contributed by atoms with E-state index in [9.17, 15) is 4.79 Å². The van der Waals surface area contributed by atoms with Crippen LogP contribution in [0.25, 0.3) is 0 Å². The fourth-order valence-corrected chi connectivity index (χ4v) is 4.40. The van der Waals surface area contributed by atoms with Crippen molar-refractivity contribution in [3.05, 3.63) is 89.1 Å². The number of fused-ring (bicyclic) bond motifs is 2. The Morgan fingerprint density at radius 1 is 0.964 bits per heavy atom. The van der Waals surface area contributed by atoms with E-state index in [1.165, 1.54) is 16.7 Å². The van der Waals surface area contributed by atoms with Crippen molar-refractivity contribution in [2.45, 2.75) is 32.4 Å². The maximum Gasteiger partial charge on any atom is 0.260 e. The summed E-state index contributed by atoms with van der Waals surface area (Å²) in [5.74, 6) is 0.960. The first-order chi connectivity index (χ1) is 13.7. The summed E-state index contributed by atoms with van der Waals surface area (Å²) in [6.45, 7) is 3.92. The fourth-order valence-electron chi connectivity index (χ4n) is 4.40. The highest BCUT2D eigenvalue weighted by molar-refractivity contribution is 6.07. The summed E-state index contributed by atoms with van der Waals surface area (Å²) in [6, 6.07) is 20.8. The Morgan fingerprint density at radius 3 is 2.50 bits per heavy atom. The lowest BCUT2D eigenvalue weighted by Gasteiger charge is -2.30. The van der Waals surface area contributed by atoms with Gasteiger partial charge in [-0.1, -0.05) is 42.5 Å². The van der Waals surface area contributed by atoms with Crippen molar-refractivity contribution >= 4 is 17.4 Å². The molecule has 1 amide bonds. The number of hydrogen-bond acceptors (Lipinski definition) is 3. The molecule has 2 aliphatic heterocycles. The number of nitrogens with zero attached hydrogens (tertiary/aromatic N) is 3. The van der Waals surface area contributed by atoms with Gasteiger partial charge in [-0.25, -0.2) is 4.98 Å². The van der Waals surface area contributed by atoms with Gasteiger partial charge in [0, 0.05) is 31.0 Å². The van der Waals surface area contributed by atoms with Crippen LogP contribution in [-0.2, 0) is 19.4 Å². The highest BCUT2D eigenvalue weighted by atomic mass is 16.2. The third-order valence-electron chi connectivity index (χ3n) is 5.88. The average Bonchev–Trinajstić information content (AvgIpc) is 3.08. The molecule has 0 aliphatic carbocycles. The van der Waals surface area contributed by atoms with Gasteiger partial charge in [0.25, 0.3) is 5.91 Å². The van der Waals surface area contributed by atoms with E-state index in [2.05, 4.69) is 47.1 Å². The lowest BCUT2D eigenvalue weighted by molar-refractivity contribution is 0.0981. The zero-order valence-electron chi connectivity index (χ0n) is 16.0. The van der Waals surface area contributed by atoms with Crippen LogP contribution in [-0.4, -0.2) is 23.5 Å². The Kier molecular flexibility index (Phi) is 4.12. The second kappa shape index (κ2) is 6.79. The van der Waals surface area contributed by atoms with E-state index >= 15 is 0 Å². The van der Waals surface area contributed by atoms with Crippen LogP contribution < -0.4 is 9.80 Å². The van der Waals surface area contributed by atoms with E-state index in [4.69, 9.17) is 0 Å². The first-order valence-corrected chi connectivity index (χ1v) is 9.90. The van der Waals surface area contributed by atoms with Crippen LogP contribution in [0, 0.1) is 0 Å². The van der Waals surface area contributed by atoms with Gasteiger partial charge in [-0.05, 0) is 54.7 Å². The topological polar surface area (TPSA) is 36.4 Å². The van der Waals surface area contributed by atoms with E-state index in [0.717, 1.165) is 37.4 Å². The Labute approximate surface area is 165 Å². The van der Waals surface area contributed by atoms with Gasteiger partial charge < -0.3 is 9.80 Å². The molecule has 28 heavy (non-hydrogen) atoms. The number of hydrogen-bond donors (Lipinski definition) is 0. The second-order valence-electron chi connectivity index (χ2n) is 7.70. The summed E-state index contributed by atoms with van der Waals surface area (Å²) in [4.78, 5) is 22.0. The van der Waals surface area contributed by atoms with Crippen LogP contribution in [0.15, 0.2) is 66.9 Å². The van der Waals surface area contributed by atoms with E-state index in [-0.39, 0.29) is 11.9 Å². The SMILES string of the molecule is CC1Cc2ccccc2N1C(=O)c1ccc(N2CCc3ccccc3C2)nc1. The maximum absolute atomic E-state index is 13.1. The monoisotopic (exact) mass is 369 g/mol. The number of benzene rings is 2. The minimum Gasteiger partial charge on any atom is -0.352 e. The molecular weight excluding hydrogens is 346 g/mol. The highest BCUT2D eigenvalue weighted by Crippen LogP contribution is 2.33. The van der Waals surface area contributed by atoms with Crippen molar-refractivity contribution in [2.24, 2.45) is 0 Å². The van der Waals surface area contributed by atoms with E-state index in [1.807, 2.05) is 35.2 Å². The first kappa shape index (κ1) is 17.0. The van der Waals surface area contributed by atoms with Crippen LogP contribution >= 0.6 is 0 Å². The molecule has 0 saturated heterocycles. The molecule has 0 spiro atoms. The Hall–Kier alpha value is -3.14. The van der Waals surface area contributed by atoms with Crippen LogP contribution in [0.5, 0.6) is 0 Å². The summed E-state index contributed by atoms with van der Waals surface area (Å²) in [6.07, 6.45) is 3.66. The second-order valence-corrected chi connectivity index (χ2v) is 7.70. The Bertz CT molecular complexity index is 1030. The molecule has 2 aliphatic rings. The van der Waals surface area contributed by atoms with E-state index in [1.54, 1.807) is 6.20 Å². The van der Waals surface area contributed by atoms with Crippen molar-refractivity contribution in [2.75, 3.05) is 16.3 Å². The van der Waals surface area contributed by atoms with Crippen LogP contribution in [0.3, 0.4) is 0 Å². The highest BCUT2D eigenvalue weighted by Gasteiger charge is 2.31. The summed E-state index contributed by atoms with van der Waals surface area (Å²) < 4.78 is 0. The van der Waals surface area contributed by atoms with Gasteiger partial charge in [0.2, 0.25) is 0 Å². The molecule has 0 radical (unpaired) electrons. The zero-order valence-corrected chi connectivity index (χ0v) is 16.0. The molecule has 0 saturated carbocycles. The minimum atomic E-state index is 0.0282. The average molecular weight is 369 g/mol. The molecule has 1 atom stereocenters. The van der Waals surface area contributed by atoms with Gasteiger partial charge in [-0.3, -0.25) is 4.79 Å². The lowest BCUT2D eigenvalue weighted by atomic mass is 10.00. The van der Waals surface area contributed by atoms with Crippen molar-refractivity contribution in [3.8, 4) is 0 Å². The minimum absolute atomic E-state index is 0.0282. The summed E-state index contributed by atoms with van der Waals surface area (Å²) >= 11 is 0. The quantitative estimate of drug-likeness (QED) is 0.678. The predicted molar refractivity (Wildman–Crippen MR) is 112 cm³/mol. The molecule has 0 N–H and O–H groups in total. The standard InChI is InChI=1S/C24H23N3O/c1-17-14-19-7-4-5-9-22(19)27(17)24(28)20-10-11-23(25-15-20)26-13-12-18-6-2-3-8-21(18)16-26/h2-11,15,17H,12-14,16H2,1H3. The van der Waals surface area contributed by atoms with Gasteiger partial charge >= 0.3 is 0 Å². The van der Waals surface area contributed by atoms with Crippen molar-refractivity contribution in [1.29, 1.82) is 0 Å². The van der Waals surface area contributed by atoms with Gasteiger partial charge in [0.05, 0.1) is 5.56 Å². The molecule has 0 bridgehead atoms. The number of rotatable bonds is 2. The predicted octanol–water partition coefficient (Wildman–Crippen LogP) is 4.24. The summed E-state index contributed by atoms with van der Waals surface area (Å²) in [7, 11) is 0. The lowest BCUT2D eigenvalue weighted by Crippen LogP contribution is -2.36. The van der Waals surface area contributed by atoms with Gasteiger partial charge in [-0.15, -0.1) is 0 Å². The number of anilines is 2. The Morgan fingerprint density at radius 2 is 1.71 bits per heavy atom. The fraction of sp³-hybridized carbons (Fsp3) is 0.250. The molecule has 4 heteroatoms. The summed E-state index contributed by atoms with van der Waals surface area (Å²) in [5.41, 5.74) is 5.69. The van der Waals surface area contributed by atoms with Gasteiger partial charge in [-0.2, -0.15) is 0 Å². The van der Waals surface area contributed by atoms with Crippen molar-refractivity contribution in [1.82, 2.24) is 4.98 Å².